The van der Waals surface area contributed by atoms with E-state index in [1.807, 2.05) is 24.3 Å². The van der Waals surface area contributed by atoms with E-state index in [1.54, 1.807) is 18.4 Å². The molecule has 2 aromatic rings. The molecule has 0 spiro atoms. The van der Waals surface area contributed by atoms with Crippen molar-refractivity contribution in [3.8, 4) is 5.75 Å². The van der Waals surface area contributed by atoms with Crippen LogP contribution in [0.15, 0.2) is 24.3 Å². The number of hydrogen-bond donors (Lipinski definition) is 1. The van der Waals surface area contributed by atoms with Gasteiger partial charge >= 0.3 is 0 Å². The highest BCUT2D eigenvalue weighted by Gasteiger charge is 2.22. The summed E-state index contributed by atoms with van der Waals surface area (Å²) in [7, 11) is 1.67. The Balaban J connectivity index is 1.24. The first-order valence-corrected chi connectivity index (χ1v) is 11.9. The maximum atomic E-state index is 12.8. The molecule has 6 heteroatoms. The van der Waals surface area contributed by atoms with Gasteiger partial charge in [0.1, 0.15) is 5.75 Å². The Morgan fingerprint density at radius 3 is 2.45 bits per heavy atom. The number of hydrogen-bond acceptors (Lipinski definition) is 5. The Morgan fingerprint density at radius 1 is 1.07 bits per heavy atom. The van der Waals surface area contributed by atoms with E-state index in [0.29, 0.717) is 0 Å². The Bertz CT molecular complexity index is 806. The Morgan fingerprint density at radius 2 is 1.76 bits per heavy atom. The quantitative estimate of drug-likeness (QED) is 0.775. The second-order valence-electron chi connectivity index (χ2n) is 8.33. The van der Waals surface area contributed by atoms with E-state index in [1.165, 1.54) is 45.3 Å². The molecule has 2 saturated heterocycles. The molecule has 1 amide bonds. The summed E-state index contributed by atoms with van der Waals surface area (Å²) in [6.45, 7) is 7.06. The van der Waals surface area contributed by atoms with Crippen LogP contribution in [0.25, 0.3) is 10.1 Å². The molecule has 2 fully saturated rings. The number of benzene rings is 1. The van der Waals surface area contributed by atoms with Crippen LogP contribution in [0.3, 0.4) is 0 Å². The van der Waals surface area contributed by atoms with Gasteiger partial charge in [-0.3, -0.25) is 4.79 Å². The fourth-order valence-electron chi connectivity index (χ4n) is 4.52. The molecule has 4 rings (SSSR count). The van der Waals surface area contributed by atoms with Gasteiger partial charge in [0.2, 0.25) is 0 Å². The lowest BCUT2D eigenvalue weighted by Crippen LogP contribution is -2.46. The molecule has 1 aromatic carbocycles. The summed E-state index contributed by atoms with van der Waals surface area (Å²) >= 11 is 1.54. The number of piperidine rings is 1. The highest BCUT2D eigenvalue weighted by atomic mass is 32.1. The minimum Gasteiger partial charge on any atom is -0.496 e. The van der Waals surface area contributed by atoms with Crippen molar-refractivity contribution in [3.05, 3.63) is 29.1 Å². The van der Waals surface area contributed by atoms with E-state index in [2.05, 4.69) is 15.1 Å². The fraction of sp³-hybridized carbons (Fsp3) is 0.609. The van der Waals surface area contributed by atoms with Crippen molar-refractivity contribution in [2.24, 2.45) is 0 Å². The maximum Gasteiger partial charge on any atom is 0.261 e. The van der Waals surface area contributed by atoms with Gasteiger partial charge in [0, 0.05) is 42.3 Å². The zero-order valence-electron chi connectivity index (χ0n) is 17.5. The minimum absolute atomic E-state index is 0.0521. The predicted octanol–water partition coefficient (Wildman–Crippen LogP) is 3.98. The van der Waals surface area contributed by atoms with Crippen LogP contribution in [-0.4, -0.2) is 68.1 Å². The van der Waals surface area contributed by atoms with Crippen LogP contribution in [-0.2, 0) is 0 Å². The van der Waals surface area contributed by atoms with Gasteiger partial charge in [-0.1, -0.05) is 18.9 Å². The monoisotopic (exact) mass is 415 g/mol. The summed E-state index contributed by atoms with van der Waals surface area (Å²) in [6, 6.07) is 8.20. The van der Waals surface area contributed by atoms with Crippen molar-refractivity contribution < 1.29 is 9.53 Å². The molecule has 0 bridgehead atoms. The Kier molecular flexibility index (Phi) is 7.06. The predicted molar refractivity (Wildman–Crippen MR) is 120 cm³/mol. The molecule has 158 valence electrons. The summed E-state index contributed by atoms with van der Waals surface area (Å²) in [5.74, 6) is 0.881. The molecule has 2 aliphatic rings. The van der Waals surface area contributed by atoms with Crippen LogP contribution in [0.4, 0.5) is 0 Å². The van der Waals surface area contributed by atoms with E-state index in [9.17, 15) is 4.79 Å². The van der Waals surface area contributed by atoms with Crippen molar-refractivity contribution in [2.75, 3.05) is 46.4 Å². The van der Waals surface area contributed by atoms with Crippen molar-refractivity contribution in [3.63, 3.8) is 0 Å². The third-order valence-electron chi connectivity index (χ3n) is 6.32. The van der Waals surface area contributed by atoms with Crippen molar-refractivity contribution in [1.82, 2.24) is 15.1 Å². The fourth-order valence-corrected chi connectivity index (χ4v) is 5.51. The van der Waals surface area contributed by atoms with E-state index in [-0.39, 0.29) is 11.9 Å². The number of carbonyl (C=O) groups excluding carboxylic acids is 1. The Hall–Kier alpha value is -1.63. The Labute approximate surface area is 178 Å². The number of likely N-dealkylation sites (tertiary alicyclic amines) is 2. The molecule has 0 aliphatic carbocycles. The topological polar surface area (TPSA) is 44.8 Å². The average Bonchev–Trinajstić information content (AvgIpc) is 3.02. The third-order valence-corrected chi connectivity index (χ3v) is 7.42. The summed E-state index contributed by atoms with van der Waals surface area (Å²) in [5, 5.41) is 4.28. The molecule has 29 heavy (non-hydrogen) atoms. The lowest BCUT2D eigenvalue weighted by Gasteiger charge is -2.33. The molecule has 0 atom stereocenters. The van der Waals surface area contributed by atoms with Crippen molar-refractivity contribution >= 4 is 27.3 Å². The van der Waals surface area contributed by atoms with Crippen LogP contribution in [0.1, 0.15) is 48.2 Å². The zero-order valence-corrected chi connectivity index (χ0v) is 18.3. The van der Waals surface area contributed by atoms with E-state index in [4.69, 9.17) is 4.74 Å². The van der Waals surface area contributed by atoms with E-state index >= 15 is 0 Å². The second kappa shape index (κ2) is 9.92. The SMILES string of the molecule is COc1cccc2sc(C(=O)NC3CCN(CCN4CCCCCC4)CC3)cc12. The number of thiophene rings is 1. The molecular formula is C23H33N3O2S. The molecule has 5 nitrogen and oxygen atoms in total. The van der Waals surface area contributed by atoms with Gasteiger partial charge < -0.3 is 19.9 Å². The smallest absolute Gasteiger partial charge is 0.261 e. The molecule has 0 unspecified atom stereocenters. The summed E-state index contributed by atoms with van der Waals surface area (Å²) in [5.41, 5.74) is 0. The number of methoxy groups -OCH3 is 1. The first-order chi connectivity index (χ1) is 14.2. The number of amides is 1. The minimum atomic E-state index is 0.0521. The molecule has 1 aromatic heterocycles. The number of rotatable bonds is 6. The van der Waals surface area contributed by atoms with Gasteiger partial charge in [-0.25, -0.2) is 0 Å². The molecule has 0 radical (unpaired) electrons. The van der Waals surface area contributed by atoms with Gasteiger partial charge in [-0.05, 0) is 57.0 Å². The van der Waals surface area contributed by atoms with Crippen molar-refractivity contribution in [2.45, 2.75) is 44.6 Å². The molecule has 2 aliphatic heterocycles. The van der Waals surface area contributed by atoms with Crippen LogP contribution < -0.4 is 10.1 Å². The number of ether oxygens (including phenoxy) is 1. The molecular weight excluding hydrogens is 382 g/mol. The molecule has 0 saturated carbocycles. The normalized spacial score (nSPS) is 19.9. The van der Waals surface area contributed by atoms with Gasteiger partial charge in [0.15, 0.2) is 0 Å². The lowest BCUT2D eigenvalue weighted by molar-refractivity contribution is 0.0911. The molecule has 1 N–H and O–H groups in total. The standard InChI is InChI=1S/C23H33N3O2S/c1-28-20-7-6-8-21-19(20)17-22(29-21)23(27)24-18-9-13-26(14-10-18)16-15-25-11-4-2-3-5-12-25/h6-8,17-18H,2-5,9-16H2,1H3,(H,24,27). The number of fused-ring (bicyclic) bond motifs is 1. The summed E-state index contributed by atoms with van der Waals surface area (Å²) in [4.78, 5) is 18.7. The van der Waals surface area contributed by atoms with Gasteiger partial charge in [0.25, 0.3) is 5.91 Å². The van der Waals surface area contributed by atoms with Crippen molar-refractivity contribution in [1.29, 1.82) is 0 Å². The third kappa shape index (κ3) is 5.30. The van der Waals surface area contributed by atoms with Gasteiger partial charge in [-0.15, -0.1) is 11.3 Å². The second-order valence-corrected chi connectivity index (χ2v) is 9.41. The van der Waals surface area contributed by atoms with E-state index < -0.39 is 0 Å². The maximum absolute atomic E-state index is 12.8. The van der Waals surface area contributed by atoms with Crippen LogP contribution >= 0.6 is 11.3 Å². The first-order valence-electron chi connectivity index (χ1n) is 11.0. The average molecular weight is 416 g/mol. The first kappa shape index (κ1) is 20.6. The molecule has 3 heterocycles. The number of nitrogens with one attached hydrogen (secondary N) is 1. The number of nitrogens with zero attached hydrogens (tertiary/aromatic N) is 2. The number of carbonyl (C=O) groups is 1. The summed E-state index contributed by atoms with van der Waals surface area (Å²) in [6.07, 6.45) is 7.59. The van der Waals surface area contributed by atoms with Gasteiger partial charge in [-0.2, -0.15) is 0 Å². The zero-order chi connectivity index (χ0) is 20.1. The highest BCUT2D eigenvalue weighted by molar-refractivity contribution is 7.20. The van der Waals surface area contributed by atoms with Crippen LogP contribution in [0.2, 0.25) is 0 Å². The largest absolute Gasteiger partial charge is 0.496 e. The van der Waals surface area contributed by atoms with Crippen LogP contribution in [0.5, 0.6) is 5.75 Å². The van der Waals surface area contributed by atoms with Crippen LogP contribution in [0, 0.1) is 0 Å². The van der Waals surface area contributed by atoms with E-state index in [0.717, 1.165) is 53.2 Å². The summed E-state index contributed by atoms with van der Waals surface area (Å²) < 4.78 is 6.52. The van der Waals surface area contributed by atoms with Gasteiger partial charge in [0.05, 0.1) is 12.0 Å². The lowest BCUT2D eigenvalue weighted by atomic mass is 10.0. The highest BCUT2D eigenvalue weighted by Crippen LogP contribution is 2.32.